The van der Waals surface area contributed by atoms with Crippen molar-refractivity contribution in [2.75, 3.05) is 6.61 Å². The lowest BCUT2D eigenvalue weighted by Crippen LogP contribution is -2.53. The van der Waals surface area contributed by atoms with Gasteiger partial charge in [0.15, 0.2) is 0 Å². The Morgan fingerprint density at radius 2 is 2.06 bits per heavy atom. The Morgan fingerprint density at radius 1 is 1.50 bits per heavy atom. The molecule has 0 saturated heterocycles. The normalized spacial score (nSPS) is 13.1. The van der Waals surface area contributed by atoms with Crippen molar-refractivity contribution in [3.8, 4) is 6.07 Å². The highest BCUT2D eigenvalue weighted by molar-refractivity contribution is 5.90. The van der Waals surface area contributed by atoms with E-state index in [1.807, 2.05) is 0 Å². The highest BCUT2D eigenvalue weighted by Crippen LogP contribution is 2.17. The van der Waals surface area contributed by atoms with Crippen LogP contribution in [0, 0.1) is 11.3 Å². The van der Waals surface area contributed by atoms with Gasteiger partial charge in [-0.3, -0.25) is 4.79 Å². The molecule has 1 atom stereocenters. The Kier molecular flexibility index (Phi) is 5.23. The molecule has 1 N–H and O–H groups in total. The molecule has 0 fully saturated rings. The maximum Gasteiger partial charge on any atom is 0.347 e. The maximum absolute atomic E-state index is 11.7. The van der Waals surface area contributed by atoms with Crippen LogP contribution in [0.15, 0.2) is 12.2 Å². The van der Waals surface area contributed by atoms with Gasteiger partial charge < -0.3 is 10.1 Å². The fourth-order valence-corrected chi connectivity index (χ4v) is 1.29. The van der Waals surface area contributed by atoms with E-state index in [1.54, 1.807) is 19.9 Å². The Hall–Kier alpha value is -1.83. The van der Waals surface area contributed by atoms with Crippen LogP contribution in [0.5, 0.6) is 0 Å². The number of hydrogen-bond acceptors (Lipinski definition) is 4. The van der Waals surface area contributed by atoms with Crippen molar-refractivity contribution in [2.24, 2.45) is 0 Å². The number of rotatable bonds is 5. The molecule has 0 aliphatic rings. The van der Waals surface area contributed by atoms with Gasteiger partial charge in [0.2, 0.25) is 11.4 Å². The second-order valence-corrected chi connectivity index (χ2v) is 3.55. The van der Waals surface area contributed by atoms with Crippen molar-refractivity contribution in [3.05, 3.63) is 12.2 Å². The third kappa shape index (κ3) is 3.73. The minimum atomic E-state index is -1.66. The molecular formula is C11H16N2O3. The first-order chi connectivity index (χ1) is 7.38. The number of hydrogen-bond donors (Lipinski definition) is 1. The first-order valence-corrected chi connectivity index (χ1v) is 4.89. The largest absolute Gasteiger partial charge is 0.463 e. The van der Waals surface area contributed by atoms with Crippen molar-refractivity contribution < 1.29 is 14.3 Å². The molecule has 16 heavy (non-hydrogen) atoms. The quantitative estimate of drug-likeness (QED) is 0.556. The van der Waals surface area contributed by atoms with Gasteiger partial charge in [0.25, 0.3) is 0 Å². The molecule has 5 nitrogen and oxygen atoms in total. The van der Waals surface area contributed by atoms with Crippen molar-refractivity contribution in [1.29, 1.82) is 5.26 Å². The molecule has 0 spiro atoms. The third-order valence-corrected chi connectivity index (χ3v) is 1.77. The van der Waals surface area contributed by atoms with Gasteiger partial charge in [-0.15, -0.1) is 0 Å². The molecule has 0 rings (SSSR count). The molecule has 1 amide bonds. The summed E-state index contributed by atoms with van der Waals surface area (Å²) in [5.41, 5.74) is -1.04. The van der Waals surface area contributed by atoms with Gasteiger partial charge in [0.1, 0.15) is 6.07 Å². The minimum Gasteiger partial charge on any atom is -0.463 e. The van der Waals surface area contributed by atoms with Gasteiger partial charge in [-0.05, 0) is 13.8 Å². The van der Waals surface area contributed by atoms with Gasteiger partial charge in [-0.1, -0.05) is 12.2 Å². The zero-order valence-corrected chi connectivity index (χ0v) is 9.79. The molecule has 0 bridgehead atoms. The number of carbonyl (C=O) groups excluding carboxylic acids is 2. The maximum atomic E-state index is 11.7. The van der Waals surface area contributed by atoms with Crippen LogP contribution in [-0.4, -0.2) is 24.0 Å². The summed E-state index contributed by atoms with van der Waals surface area (Å²) in [7, 11) is 0. The van der Waals surface area contributed by atoms with Crippen molar-refractivity contribution in [2.45, 2.75) is 32.7 Å². The van der Waals surface area contributed by atoms with Crippen LogP contribution >= 0.6 is 0 Å². The standard InChI is InChI=1S/C11H16N2O3/c1-5-16-10(15)11(7-12,6-8(2)3)13-9(4)14/h2,5-6H2,1,3-4H3,(H,13,14). The summed E-state index contributed by atoms with van der Waals surface area (Å²) >= 11 is 0. The Labute approximate surface area is 95.1 Å². The molecule has 1 unspecified atom stereocenters. The summed E-state index contributed by atoms with van der Waals surface area (Å²) in [6.07, 6.45) is 0.0436. The van der Waals surface area contributed by atoms with Crippen LogP contribution in [0.3, 0.4) is 0 Å². The van der Waals surface area contributed by atoms with Gasteiger partial charge in [-0.2, -0.15) is 5.26 Å². The summed E-state index contributed by atoms with van der Waals surface area (Å²) in [4.78, 5) is 22.7. The zero-order chi connectivity index (χ0) is 12.8. The first kappa shape index (κ1) is 14.2. The van der Waals surface area contributed by atoms with E-state index in [0.29, 0.717) is 5.57 Å². The van der Waals surface area contributed by atoms with E-state index < -0.39 is 17.4 Å². The molecule has 0 aliphatic heterocycles. The number of amides is 1. The van der Waals surface area contributed by atoms with Crippen LogP contribution in [0.2, 0.25) is 0 Å². The third-order valence-electron chi connectivity index (χ3n) is 1.77. The molecule has 0 radical (unpaired) electrons. The molecule has 0 aromatic heterocycles. The molecule has 0 aromatic carbocycles. The van der Waals surface area contributed by atoms with E-state index in [-0.39, 0.29) is 13.0 Å². The SMILES string of the molecule is C=C(C)CC(C#N)(NC(C)=O)C(=O)OCC. The van der Waals surface area contributed by atoms with Gasteiger partial charge in [-0.25, -0.2) is 4.79 Å². The number of nitrogens with one attached hydrogen (secondary N) is 1. The average molecular weight is 224 g/mol. The van der Waals surface area contributed by atoms with E-state index in [0.717, 1.165) is 0 Å². The van der Waals surface area contributed by atoms with Gasteiger partial charge >= 0.3 is 5.97 Å². The van der Waals surface area contributed by atoms with E-state index in [1.165, 1.54) is 6.92 Å². The lowest BCUT2D eigenvalue weighted by molar-refractivity contribution is -0.150. The number of ether oxygens (including phenoxy) is 1. The van der Waals surface area contributed by atoms with Gasteiger partial charge in [0, 0.05) is 13.3 Å². The second-order valence-electron chi connectivity index (χ2n) is 3.55. The van der Waals surface area contributed by atoms with Gasteiger partial charge in [0.05, 0.1) is 6.61 Å². The monoisotopic (exact) mass is 224 g/mol. The summed E-state index contributed by atoms with van der Waals surface area (Å²) < 4.78 is 4.78. The van der Waals surface area contributed by atoms with Crippen LogP contribution < -0.4 is 5.32 Å². The summed E-state index contributed by atoms with van der Waals surface area (Å²) in [6.45, 7) is 8.33. The lowest BCUT2D eigenvalue weighted by atomic mass is 9.93. The van der Waals surface area contributed by atoms with E-state index in [2.05, 4.69) is 11.9 Å². The summed E-state index contributed by atoms with van der Waals surface area (Å²) in [6, 6.07) is 1.80. The van der Waals surface area contributed by atoms with Crippen LogP contribution in [0.1, 0.15) is 27.2 Å². The second kappa shape index (κ2) is 5.91. The molecule has 0 aliphatic carbocycles. The lowest BCUT2D eigenvalue weighted by Gasteiger charge is -2.24. The average Bonchev–Trinajstić information content (AvgIpc) is 2.15. The Bertz CT molecular complexity index is 326. The first-order valence-electron chi connectivity index (χ1n) is 4.89. The number of nitriles is 1. The highest BCUT2D eigenvalue weighted by Gasteiger charge is 2.41. The van der Waals surface area contributed by atoms with Crippen LogP contribution in [-0.2, 0) is 14.3 Å². The molecule has 0 saturated carbocycles. The molecule has 88 valence electrons. The number of esters is 1. The molecular weight excluding hydrogens is 208 g/mol. The minimum absolute atomic E-state index is 0.0436. The van der Waals surface area contributed by atoms with Crippen molar-refractivity contribution >= 4 is 11.9 Å². The summed E-state index contributed by atoms with van der Waals surface area (Å²) in [5, 5.41) is 11.4. The van der Waals surface area contributed by atoms with Crippen LogP contribution in [0.25, 0.3) is 0 Å². The predicted molar refractivity (Wildman–Crippen MR) is 58.2 cm³/mol. The highest BCUT2D eigenvalue weighted by atomic mass is 16.5. The molecule has 0 heterocycles. The van der Waals surface area contributed by atoms with Crippen molar-refractivity contribution in [3.63, 3.8) is 0 Å². The van der Waals surface area contributed by atoms with Crippen molar-refractivity contribution in [1.82, 2.24) is 5.32 Å². The Balaban J connectivity index is 5.11. The smallest absolute Gasteiger partial charge is 0.347 e. The Morgan fingerprint density at radius 3 is 2.38 bits per heavy atom. The van der Waals surface area contributed by atoms with E-state index >= 15 is 0 Å². The number of nitrogens with zero attached hydrogens (tertiary/aromatic N) is 1. The predicted octanol–water partition coefficient (Wildman–Crippen LogP) is 0.914. The molecule has 5 heteroatoms. The fraction of sp³-hybridized carbons (Fsp3) is 0.545. The summed E-state index contributed by atoms with van der Waals surface area (Å²) in [5.74, 6) is -1.22. The topological polar surface area (TPSA) is 79.2 Å². The number of carbonyl (C=O) groups is 2. The zero-order valence-electron chi connectivity index (χ0n) is 9.79. The van der Waals surface area contributed by atoms with E-state index in [4.69, 9.17) is 10.00 Å². The fourth-order valence-electron chi connectivity index (χ4n) is 1.29. The molecule has 0 aromatic rings. The van der Waals surface area contributed by atoms with Crippen LogP contribution in [0.4, 0.5) is 0 Å². The van der Waals surface area contributed by atoms with E-state index in [9.17, 15) is 9.59 Å².